The molecule has 0 spiro atoms. The van der Waals surface area contributed by atoms with Crippen molar-refractivity contribution in [3.8, 4) is 5.75 Å². The minimum absolute atomic E-state index is 0. The lowest BCUT2D eigenvalue weighted by molar-refractivity contribution is 0.223. The molecule has 1 atom stereocenters. The molecule has 0 aliphatic carbocycles. The van der Waals surface area contributed by atoms with Crippen LogP contribution in [0.3, 0.4) is 0 Å². The summed E-state index contributed by atoms with van der Waals surface area (Å²) in [6.07, 6.45) is 1.19. The summed E-state index contributed by atoms with van der Waals surface area (Å²) in [4.78, 5) is 9.31. The smallest absolute Gasteiger partial charge is 0.193 e. The highest BCUT2D eigenvalue weighted by Gasteiger charge is 2.27. The van der Waals surface area contributed by atoms with Crippen molar-refractivity contribution in [1.29, 1.82) is 0 Å². The minimum Gasteiger partial charge on any atom is -0.496 e. The molecule has 0 aromatic heterocycles. The summed E-state index contributed by atoms with van der Waals surface area (Å²) in [5, 5.41) is 4.13. The molecule has 5 nitrogen and oxygen atoms in total. The topological polar surface area (TPSA) is 40.1 Å². The molecule has 1 unspecified atom stereocenters. The first-order valence-electron chi connectivity index (χ1n) is 8.64. The number of likely N-dealkylation sites (N-methyl/N-ethyl adjacent to an activating group) is 1. The highest BCUT2D eigenvalue weighted by molar-refractivity contribution is 14.0. The number of guanidine groups is 1. The van der Waals surface area contributed by atoms with E-state index in [-0.39, 0.29) is 24.0 Å². The van der Waals surface area contributed by atoms with Crippen LogP contribution in [0.25, 0.3) is 0 Å². The molecular weight excluding hydrogens is 451 g/mol. The zero-order valence-corrected chi connectivity index (χ0v) is 18.7. The number of nitrogens with one attached hydrogen (secondary N) is 1. The number of nitrogens with zero attached hydrogens (tertiary/aromatic N) is 3. The summed E-state index contributed by atoms with van der Waals surface area (Å²) < 4.78 is 5.41. The van der Waals surface area contributed by atoms with Gasteiger partial charge in [-0.05, 0) is 31.6 Å². The van der Waals surface area contributed by atoms with Crippen LogP contribution >= 0.6 is 35.6 Å². The lowest BCUT2D eigenvalue weighted by atomic mass is 10.2. The fourth-order valence-corrected chi connectivity index (χ4v) is 3.51. The molecule has 1 aliphatic heterocycles. The van der Waals surface area contributed by atoms with Gasteiger partial charge in [0.1, 0.15) is 5.75 Å². The van der Waals surface area contributed by atoms with E-state index >= 15 is 0 Å². The summed E-state index contributed by atoms with van der Waals surface area (Å²) in [5.41, 5.74) is 1.07. The third kappa shape index (κ3) is 5.89. The molecule has 1 saturated heterocycles. The molecular formula is C18H30ClIN4O. The van der Waals surface area contributed by atoms with Crippen molar-refractivity contribution < 1.29 is 4.74 Å². The standard InChI is InChI=1S/C18H29ClN4O.HI/c1-5-22(6-2)16-9-10-23(13-16)18(20-3)21-12-14-7-8-15(19)11-17(14)24-4;/h7-8,11,16H,5-6,9-10,12-13H2,1-4H3,(H,20,21);1H. The third-order valence-electron chi connectivity index (χ3n) is 4.69. The maximum Gasteiger partial charge on any atom is 0.193 e. The van der Waals surface area contributed by atoms with E-state index in [9.17, 15) is 0 Å². The summed E-state index contributed by atoms with van der Waals surface area (Å²) in [5.74, 6) is 1.74. The maximum atomic E-state index is 6.03. The number of halogens is 2. The van der Waals surface area contributed by atoms with Gasteiger partial charge in [0.15, 0.2) is 5.96 Å². The van der Waals surface area contributed by atoms with Crippen LogP contribution in [0.4, 0.5) is 0 Å². The van der Waals surface area contributed by atoms with Gasteiger partial charge in [0, 0.05) is 43.3 Å². The molecule has 1 N–H and O–H groups in total. The Morgan fingerprint density at radius 1 is 1.40 bits per heavy atom. The first kappa shape index (κ1) is 22.3. The predicted molar refractivity (Wildman–Crippen MR) is 117 cm³/mol. The molecule has 1 fully saturated rings. The molecule has 0 bridgehead atoms. The van der Waals surface area contributed by atoms with Gasteiger partial charge in [0.05, 0.1) is 7.11 Å². The Morgan fingerprint density at radius 3 is 2.72 bits per heavy atom. The second-order valence-electron chi connectivity index (χ2n) is 5.97. The van der Waals surface area contributed by atoms with Crippen LogP contribution in [0.15, 0.2) is 23.2 Å². The van der Waals surface area contributed by atoms with E-state index in [1.807, 2.05) is 25.2 Å². The second kappa shape index (κ2) is 11.1. The van der Waals surface area contributed by atoms with Crippen LogP contribution in [0, 0.1) is 0 Å². The van der Waals surface area contributed by atoms with Crippen LogP contribution in [0.1, 0.15) is 25.8 Å². The van der Waals surface area contributed by atoms with Gasteiger partial charge >= 0.3 is 0 Å². The monoisotopic (exact) mass is 480 g/mol. The number of benzene rings is 1. The Hall–Kier alpha value is -0.730. The highest BCUT2D eigenvalue weighted by Crippen LogP contribution is 2.23. The summed E-state index contributed by atoms with van der Waals surface area (Å²) in [7, 11) is 3.51. The molecule has 1 heterocycles. The summed E-state index contributed by atoms with van der Waals surface area (Å²) in [6, 6.07) is 6.33. The average molecular weight is 481 g/mol. The van der Waals surface area contributed by atoms with Gasteiger partial charge in [-0.25, -0.2) is 0 Å². The van der Waals surface area contributed by atoms with E-state index in [1.165, 1.54) is 6.42 Å². The van der Waals surface area contributed by atoms with E-state index < -0.39 is 0 Å². The molecule has 0 radical (unpaired) electrons. The first-order chi connectivity index (χ1) is 11.6. The van der Waals surface area contributed by atoms with Crippen molar-refractivity contribution in [3.05, 3.63) is 28.8 Å². The summed E-state index contributed by atoms with van der Waals surface area (Å²) >= 11 is 6.03. The second-order valence-corrected chi connectivity index (χ2v) is 6.40. The largest absolute Gasteiger partial charge is 0.496 e. The van der Waals surface area contributed by atoms with E-state index in [0.29, 0.717) is 17.6 Å². The Labute approximate surface area is 173 Å². The van der Waals surface area contributed by atoms with Crippen LogP contribution in [-0.4, -0.2) is 62.1 Å². The average Bonchev–Trinajstić information content (AvgIpc) is 3.07. The zero-order valence-electron chi connectivity index (χ0n) is 15.6. The zero-order chi connectivity index (χ0) is 17.5. The van der Waals surface area contributed by atoms with E-state index in [1.54, 1.807) is 7.11 Å². The number of rotatable bonds is 6. The number of likely N-dealkylation sites (tertiary alicyclic amines) is 1. The fourth-order valence-electron chi connectivity index (χ4n) is 3.34. The number of aliphatic imine (C=N–C) groups is 1. The van der Waals surface area contributed by atoms with Gasteiger partial charge < -0.3 is 15.0 Å². The molecule has 2 rings (SSSR count). The summed E-state index contributed by atoms with van der Waals surface area (Å²) in [6.45, 7) is 9.39. The molecule has 7 heteroatoms. The van der Waals surface area contributed by atoms with Gasteiger partial charge in [0.2, 0.25) is 0 Å². The van der Waals surface area contributed by atoms with Crippen LogP contribution in [-0.2, 0) is 6.54 Å². The number of hydrogen-bond acceptors (Lipinski definition) is 3. The Morgan fingerprint density at radius 2 is 2.12 bits per heavy atom. The van der Waals surface area contributed by atoms with E-state index in [0.717, 1.165) is 43.5 Å². The number of ether oxygens (including phenoxy) is 1. The fraction of sp³-hybridized carbons (Fsp3) is 0.611. The van der Waals surface area contributed by atoms with Crippen molar-refractivity contribution in [2.24, 2.45) is 4.99 Å². The minimum atomic E-state index is 0. The molecule has 1 aliphatic rings. The van der Waals surface area contributed by atoms with Crippen LogP contribution in [0.5, 0.6) is 5.75 Å². The quantitative estimate of drug-likeness (QED) is 0.385. The Balaban J connectivity index is 0.00000312. The van der Waals surface area contributed by atoms with Crippen LogP contribution in [0.2, 0.25) is 5.02 Å². The molecule has 142 valence electrons. The van der Waals surface area contributed by atoms with Crippen molar-refractivity contribution in [3.63, 3.8) is 0 Å². The molecule has 1 aromatic carbocycles. The molecule has 0 saturated carbocycles. The lowest BCUT2D eigenvalue weighted by Crippen LogP contribution is -2.43. The van der Waals surface area contributed by atoms with E-state index in [2.05, 4.69) is 34.0 Å². The SMILES string of the molecule is CCN(CC)C1CCN(C(=NC)NCc2ccc(Cl)cc2OC)C1.I. The van der Waals surface area contributed by atoms with Crippen molar-refractivity contribution in [2.45, 2.75) is 32.9 Å². The van der Waals surface area contributed by atoms with Gasteiger partial charge in [-0.3, -0.25) is 9.89 Å². The Kier molecular flexibility index (Phi) is 9.89. The molecule has 0 amide bonds. The van der Waals surface area contributed by atoms with Gasteiger partial charge in [-0.1, -0.05) is 31.5 Å². The Bertz CT molecular complexity index is 566. The molecule has 25 heavy (non-hydrogen) atoms. The van der Waals surface area contributed by atoms with Crippen molar-refractivity contribution in [1.82, 2.24) is 15.1 Å². The lowest BCUT2D eigenvalue weighted by Gasteiger charge is -2.27. The molecule has 1 aromatic rings. The van der Waals surface area contributed by atoms with Crippen molar-refractivity contribution >= 4 is 41.5 Å². The predicted octanol–water partition coefficient (Wildman–Crippen LogP) is 3.46. The maximum absolute atomic E-state index is 6.03. The van der Waals surface area contributed by atoms with Gasteiger partial charge in [-0.15, -0.1) is 24.0 Å². The normalized spacial score (nSPS) is 17.6. The van der Waals surface area contributed by atoms with Gasteiger partial charge in [-0.2, -0.15) is 0 Å². The van der Waals surface area contributed by atoms with Crippen LogP contribution < -0.4 is 10.1 Å². The first-order valence-corrected chi connectivity index (χ1v) is 9.02. The van der Waals surface area contributed by atoms with Crippen molar-refractivity contribution in [2.75, 3.05) is 40.3 Å². The number of hydrogen-bond donors (Lipinski definition) is 1. The van der Waals surface area contributed by atoms with E-state index in [4.69, 9.17) is 16.3 Å². The number of methoxy groups -OCH3 is 1. The van der Waals surface area contributed by atoms with Gasteiger partial charge in [0.25, 0.3) is 0 Å². The third-order valence-corrected chi connectivity index (χ3v) is 4.92. The highest BCUT2D eigenvalue weighted by atomic mass is 127.